The molecule has 0 heterocycles. The zero-order valence-electron chi connectivity index (χ0n) is 11.0. The number of phenols is 2. The Labute approximate surface area is 121 Å². The molecule has 0 aliphatic carbocycles. The number of amides is 1. The monoisotopic (exact) mass is 286 g/mol. The average molecular weight is 286 g/mol. The van der Waals surface area contributed by atoms with Gasteiger partial charge in [-0.2, -0.15) is 5.10 Å². The summed E-state index contributed by atoms with van der Waals surface area (Å²) in [4.78, 5) is 11.7. The Morgan fingerprint density at radius 2 is 1.81 bits per heavy atom. The molecule has 0 aliphatic rings. The van der Waals surface area contributed by atoms with E-state index in [0.29, 0.717) is 11.1 Å². The van der Waals surface area contributed by atoms with E-state index in [9.17, 15) is 15.0 Å². The van der Waals surface area contributed by atoms with Crippen LogP contribution in [0.5, 0.6) is 11.5 Å². The molecule has 1 amide bonds. The lowest BCUT2D eigenvalue weighted by atomic mass is 10.1. The molecule has 0 unspecified atom stereocenters. The number of nitrogens with zero attached hydrogens (tertiary/aromatic N) is 1. The van der Waals surface area contributed by atoms with Crippen LogP contribution in [-0.2, 0) is 4.79 Å². The highest BCUT2D eigenvalue weighted by molar-refractivity contribution is 5.85. The molecule has 0 bridgehead atoms. The van der Waals surface area contributed by atoms with Gasteiger partial charge in [0, 0.05) is 0 Å². The summed E-state index contributed by atoms with van der Waals surface area (Å²) in [7, 11) is 0. The van der Waals surface area contributed by atoms with Gasteiger partial charge in [0.2, 0.25) is 0 Å². The summed E-state index contributed by atoms with van der Waals surface area (Å²) in [5.41, 5.74) is 3.15. The van der Waals surface area contributed by atoms with Gasteiger partial charge in [-0.3, -0.25) is 4.79 Å². The molecule has 6 nitrogen and oxygen atoms in total. The predicted octanol–water partition coefficient (Wildman–Crippen LogP) is 1.28. The lowest BCUT2D eigenvalue weighted by Gasteiger charge is -2.08. The molecule has 2 aromatic rings. The van der Waals surface area contributed by atoms with Gasteiger partial charge in [-0.15, -0.1) is 0 Å². The zero-order chi connectivity index (χ0) is 15.2. The highest BCUT2D eigenvalue weighted by Crippen LogP contribution is 2.23. The van der Waals surface area contributed by atoms with Gasteiger partial charge in [-0.25, -0.2) is 5.43 Å². The second-order valence-electron chi connectivity index (χ2n) is 4.30. The van der Waals surface area contributed by atoms with Gasteiger partial charge < -0.3 is 15.3 Å². The lowest BCUT2D eigenvalue weighted by molar-refractivity contribution is -0.129. The minimum absolute atomic E-state index is 0.240. The number of hydrogen-bond acceptors (Lipinski definition) is 5. The van der Waals surface area contributed by atoms with E-state index in [1.807, 2.05) is 0 Å². The van der Waals surface area contributed by atoms with Crippen molar-refractivity contribution < 1.29 is 20.1 Å². The highest BCUT2D eigenvalue weighted by Gasteiger charge is 2.15. The maximum absolute atomic E-state index is 11.7. The van der Waals surface area contributed by atoms with Crippen LogP contribution in [0.4, 0.5) is 0 Å². The van der Waals surface area contributed by atoms with Crippen LogP contribution in [0.1, 0.15) is 17.2 Å². The Balaban J connectivity index is 1.97. The third kappa shape index (κ3) is 3.80. The quantitative estimate of drug-likeness (QED) is 0.386. The molecule has 0 aliphatic heterocycles. The van der Waals surface area contributed by atoms with Gasteiger partial charge in [-0.1, -0.05) is 30.3 Å². The molecule has 2 aromatic carbocycles. The molecule has 0 fully saturated rings. The van der Waals surface area contributed by atoms with Crippen molar-refractivity contribution in [1.82, 2.24) is 5.43 Å². The molecule has 0 aromatic heterocycles. The molecule has 0 saturated carbocycles. The average Bonchev–Trinajstić information content (AvgIpc) is 2.51. The van der Waals surface area contributed by atoms with Gasteiger partial charge in [0.05, 0.1) is 6.21 Å². The fourth-order valence-corrected chi connectivity index (χ4v) is 1.64. The summed E-state index contributed by atoms with van der Waals surface area (Å²) in [6.07, 6.45) is -0.0222. The van der Waals surface area contributed by atoms with Crippen LogP contribution in [0.2, 0.25) is 0 Å². The number of rotatable bonds is 4. The van der Waals surface area contributed by atoms with Gasteiger partial charge in [0.25, 0.3) is 5.91 Å². The van der Waals surface area contributed by atoms with E-state index in [1.54, 1.807) is 30.3 Å². The molecule has 0 saturated heterocycles. The van der Waals surface area contributed by atoms with Crippen molar-refractivity contribution in [2.24, 2.45) is 5.10 Å². The molecule has 21 heavy (non-hydrogen) atoms. The number of aromatic hydroxyl groups is 2. The number of aliphatic hydroxyl groups excluding tert-OH is 1. The highest BCUT2D eigenvalue weighted by atomic mass is 16.3. The van der Waals surface area contributed by atoms with E-state index in [0.717, 1.165) is 0 Å². The Morgan fingerprint density at radius 1 is 1.10 bits per heavy atom. The number of carbonyl (C=O) groups excluding carboxylic acids is 1. The lowest BCUT2D eigenvalue weighted by Crippen LogP contribution is -2.25. The number of aliphatic hydroxyl groups is 1. The summed E-state index contributed by atoms with van der Waals surface area (Å²) in [5, 5.41) is 32.0. The van der Waals surface area contributed by atoms with Crippen molar-refractivity contribution >= 4 is 12.1 Å². The van der Waals surface area contributed by atoms with Crippen molar-refractivity contribution in [3.63, 3.8) is 0 Å². The first-order valence-corrected chi connectivity index (χ1v) is 6.16. The van der Waals surface area contributed by atoms with Crippen LogP contribution in [0, 0.1) is 0 Å². The van der Waals surface area contributed by atoms with Crippen LogP contribution in [-0.4, -0.2) is 27.4 Å². The van der Waals surface area contributed by atoms with Crippen LogP contribution >= 0.6 is 0 Å². The standard InChI is InChI=1S/C15H14N2O4/c18-12-7-6-10(8-13(12)19)9-16-17-15(21)14(20)11-4-2-1-3-5-11/h1-9,14,18-20H,(H,17,21)/b16-9-/t14-/m0/s1. The number of nitrogens with one attached hydrogen (secondary N) is 1. The first-order chi connectivity index (χ1) is 10.1. The minimum atomic E-state index is -1.31. The van der Waals surface area contributed by atoms with E-state index in [1.165, 1.54) is 24.4 Å². The van der Waals surface area contributed by atoms with Crippen LogP contribution in [0.15, 0.2) is 53.6 Å². The van der Waals surface area contributed by atoms with Crippen LogP contribution < -0.4 is 5.43 Å². The topological polar surface area (TPSA) is 102 Å². The van der Waals surface area contributed by atoms with Crippen molar-refractivity contribution in [3.8, 4) is 11.5 Å². The molecule has 108 valence electrons. The van der Waals surface area contributed by atoms with Crippen molar-refractivity contribution in [2.45, 2.75) is 6.10 Å². The summed E-state index contributed by atoms with van der Waals surface area (Å²) in [5.74, 6) is -1.19. The second-order valence-corrected chi connectivity index (χ2v) is 4.30. The largest absolute Gasteiger partial charge is 0.504 e. The first kappa shape index (κ1) is 14.5. The molecular formula is C15H14N2O4. The van der Waals surface area contributed by atoms with E-state index in [-0.39, 0.29) is 11.5 Å². The zero-order valence-corrected chi connectivity index (χ0v) is 11.0. The fraction of sp³-hybridized carbons (Fsp3) is 0.0667. The molecule has 1 atom stereocenters. The van der Waals surface area contributed by atoms with E-state index < -0.39 is 12.0 Å². The summed E-state index contributed by atoms with van der Waals surface area (Å²) in [6, 6.07) is 12.6. The van der Waals surface area contributed by atoms with Crippen LogP contribution in [0.3, 0.4) is 0 Å². The Kier molecular flexibility index (Phi) is 4.53. The number of hydrazone groups is 1. The van der Waals surface area contributed by atoms with Crippen molar-refractivity contribution in [2.75, 3.05) is 0 Å². The summed E-state index contributed by atoms with van der Waals surface area (Å²) >= 11 is 0. The Morgan fingerprint density at radius 3 is 2.48 bits per heavy atom. The predicted molar refractivity (Wildman–Crippen MR) is 76.9 cm³/mol. The van der Waals surface area contributed by atoms with Gasteiger partial charge in [0.1, 0.15) is 0 Å². The maximum atomic E-state index is 11.7. The molecule has 6 heteroatoms. The molecule has 0 spiro atoms. The number of benzene rings is 2. The molecular weight excluding hydrogens is 272 g/mol. The Bertz CT molecular complexity index is 656. The van der Waals surface area contributed by atoms with E-state index in [2.05, 4.69) is 10.5 Å². The Hall–Kier alpha value is -2.86. The number of phenolic OH excluding ortho intramolecular Hbond substituents is 2. The minimum Gasteiger partial charge on any atom is -0.504 e. The fourth-order valence-electron chi connectivity index (χ4n) is 1.64. The number of carbonyl (C=O) groups is 1. The van der Waals surface area contributed by atoms with Crippen molar-refractivity contribution in [3.05, 3.63) is 59.7 Å². The van der Waals surface area contributed by atoms with E-state index in [4.69, 9.17) is 5.11 Å². The van der Waals surface area contributed by atoms with Crippen LogP contribution in [0.25, 0.3) is 0 Å². The molecule has 4 N–H and O–H groups in total. The smallest absolute Gasteiger partial charge is 0.273 e. The SMILES string of the molecule is O=C(N/N=C\c1ccc(O)c(O)c1)[C@@H](O)c1ccccc1. The second kappa shape index (κ2) is 6.53. The third-order valence-corrected chi connectivity index (χ3v) is 2.75. The van der Waals surface area contributed by atoms with E-state index >= 15 is 0 Å². The van der Waals surface area contributed by atoms with Gasteiger partial charge >= 0.3 is 0 Å². The normalized spacial score (nSPS) is 12.2. The number of hydrogen-bond donors (Lipinski definition) is 4. The summed E-state index contributed by atoms with van der Waals surface area (Å²) in [6.45, 7) is 0. The summed E-state index contributed by atoms with van der Waals surface area (Å²) < 4.78 is 0. The maximum Gasteiger partial charge on any atom is 0.273 e. The molecule has 2 rings (SSSR count). The van der Waals surface area contributed by atoms with Gasteiger partial charge in [-0.05, 0) is 29.3 Å². The first-order valence-electron chi connectivity index (χ1n) is 6.16. The molecule has 0 radical (unpaired) electrons. The van der Waals surface area contributed by atoms with Crippen molar-refractivity contribution in [1.29, 1.82) is 0 Å². The third-order valence-electron chi connectivity index (χ3n) is 2.75. The van der Waals surface area contributed by atoms with Gasteiger partial charge in [0.15, 0.2) is 17.6 Å².